The average Bonchev–Trinajstić information content (AvgIpc) is 2.33. The summed E-state index contributed by atoms with van der Waals surface area (Å²) >= 11 is 1.12. The molecule has 0 spiro atoms. The number of thioether (sulfide) groups is 1. The van der Waals surface area contributed by atoms with E-state index in [0.717, 1.165) is 11.8 Å². The fourth-order valence-electron chi connectivity index (χ4n) is 1.08. The predicted molar refractivity (Wildman–Crippen MR) is 72.0 cm³/mol. The molecule has 2 amide bonds. The van der Waals surface area contributed by atoms with Crippen molar-refractivity contribution in [3.8, 4) is 0 Å². The van der Waals surface area contributed by atoms with Crippen molar-refractivity contribution >= 4 is 34.5 Å². The van der Waals surface area contributed by atoms with Gasteiger partial charge in [0, 0.05) is 13.7 Å². The number of ether oxygens (including phenoxy) is 1. The third kappa shape index (κ3) is 4.42. The van der Waals surface area contributed by atoms with Crippen molar-refractivity contribution in [2.75, 3.05) is 26.0 Å². The Bertz CT molecular complexity index is 429. The highest BCUT2D eigenvalue weighted by atomic mass is 32.2. The van der Waals surface area contributed by atoms with Crippen LogP contribution in [0.3, 0.4) is 0 Å². The van der Waals surface area contributed by atoms with E-state index < -0.39 is 5.91 Å². The Hall–Kier alpha value is -1.47. The SMILES string of the molecule is C=C1C(=O)N=C(SCC(=O)NCCOC)N=C1C. The van der Waals surface area contributed by atoms with Crippen LogP contribution in [0, 0.1) is 0 Å². The van der Waals surface area contributed by atoms with Gasteiger partial charge in [-0.15, -0.1) is 0 Å². The number of nitrogens with zero attached hydrogens (tertiary/aromatic N) is 2. The first-order valence-corrected chi connectivity index (χ1v) is 6.29. The number of rotatable bonds is 5. The lowest BCUT2D eigenvalue weighted by Gasteiger charge is -2.09. The van der Waals surface area contributed by atoms with Gasteiger partial charge in [-0.1, -0.05) is 18.3 Å². The quantitative estimate of drug-likeness (QED) is 0.578. The van der Waals surface area contributed by atoms with Gasteiger partial charge >= 0.3 is 0 Å². The minimum atomic E-state index is -0.398. The number of methoxy groups -OCH3 is 1. The lowest BCUT2D eigenvalue weighted by molar-refractivity contribution is -0.118. The highest BCUT2D eigenvalue weighted by molar-refractivity contribution is 8.14. The molecule has 1 N–H and O–H groups in total. The molecule has 0 atom stereocenters. The van der Waals surface area contributed by atoms with Gasteiger partial charge in [-0.25, -0.2) is 4.99 Å². The first kappa shape index (κ1) is 14.6. The lowest BCUT2D eigenvalue weighted by Crippen LogP contribution is -2.29. The summed E-state index contributed by atoms with van der Waals surface area (Å²) in [7, 11) is 1.56. The molecule has 7 heteroatoms. The topological polar surface area (TPSA) is 80.1 Å². The van der Waals surface area contributed by atoms with Gasteiger partial charge in [0.2, 0.25) is 5.91 Å². The van der Waals surface area contributed by atoms with E-state index >= 15 is 0 Å². The van der Waals surface area contributed by atoms with Crippen molar-refractivity contribution in [1.82, 2.24) is 5.32 Å². The Labute approximate surface area is 110 Å². The van der Waals surface area contributed by atoms with E-state index in [0.29, 0.717) is 29.6 Å². The molecule has 0 unspecified atom stereocenters. The molecule has 1 aliphatic rings. The smallest absolute Gasteiger partial charge is 0.280 e. The van der Waals surface area contributed by atoms with Gasteiger partial charge in [0.25, 0.3) is 5.91 Å². The largest absolute Gasteiger partial charge is 0.383 e. The van der Waals surface area contributed by atoms with Crippen molar-refractivity contribution in [2.45, 2.75) is 6.92 Å². The van der Waals surface area contributed by atoms with E-state index in [-0.39, 0.29) is 11.7 Å². The van der Waals surface area contributed by atoms with Gasteiger partial charge in [-0.3, -0.25) is 9.59 Å². The van der Waals surface area contributed by atoms with Crippen LogP contribution in [0.25, 0.3) is 0 Å². The third-order valence-electron chi connectivity index (χ3n) is 2.12. The summed E-state index contributed by atoms with van der Waals surface area (Å²) in [5, 5.41) is 2.96. The second kappa shape index (κ2) is 7.07. The highest BCUT2D eigenvalue weighted by Gasteiger charge is 2.17. The summed E-state index contributed by atoms with van der Waals surface area (Å²) in [4.78, 5) is 30.6. The molecule has 1 aliphatic heterocycles. The van der Waals surface area contributed by atoms with Gasteiger partial charge in [0.1, 0.15) is 0 Å². The van der Waals surface area contributed by atoms with Crippen LogP contribution < -0.4 is 5.32 Å². The second-order valence-corrected chi connectivity index (χ2v) is 4.45. The standard InChI is InChI=1S/C11H15N3O3S/c1-7-8(2)13-11(14-10(7)16)18-6-9(15)12-4-5-17-3/h1,4-6H2,2-3H3,(H,12,15). The van der Waals surface area contributed by atoms with Crippen LogP contribution in [0.2, 0.25) is 0 Å². The van der Waals surface area contributed by atoms with E-state index in [1.807, 2.05) is 0 Å². The molecular formula is C11H15N3O3S. The van der Waals surface area contributed by atoms with E-state index in [9.17, 15) is 9.59 Å². The Balaban J connectivity index is 2.40. The van der Waals surface area contributed by atoms with Gasteiger partial charge in [-0.05, 0) is 6.92 Å². The third-order valence-corrected chi connectivity index (χ3v) is 2.96. The number of carbonyl (C=O) groups is 2. The fraction of sp³-hybridized carbons (Fsp3) is 0.455. The molecule has 0 saturated heterocycles. The monoisotopic (exact) mass is 269 g/mol. The highest BCUT2D eigenvalue weighted by Crippen LogP contribution is 2.14. The zero-order valence-corrected chi connectivity index (χ0v) is 11.2. The molecule has 0 aromatic rings. The lowest BCUT2D eigenvalue weighted by atomic mass is 10.2. The van der Waals surface area contributed by atoms with Crippen molar-refractivity contribution in [3.63, 3.8) is 0 Å². The normalized spacial score (nSPS) is 15.2. The fourth-order valence-corrected chi connectivity index (χ4v) is 1.79. The number of amides is 2. The molecule has 0 bridgehead atoms. The Morgan fingerprint density at radius 3 is 2.83 bits per heavy atom. The van der Waals surface area contributed by atoms with Crippen LogP contribution in [0.4, 0.5) is 0 Å². The number of hydrogen-bond acceptors (Lipinski definition) is 5. The maximum Gasteiger partial charge on any atom is 0.280 e. The van der Waals surface area contributed by atoms with Crippen molar-refractivity contribution in [2.24, 2.45) is 9.98 Å². The summed E-state index contributed by atoms with van der Waals surface area (Å²) in [5.74, 6) is -0.381. The zero-order valence-electron chi connectivity index (χ0n) is 10.4. The summed E-state index contributed by atoms with van der Waals surface area (Å²) in [6, 6.07) is 0. The van der Waals surface area contributed by atoms with Crippen molar-refractivity contribution in [3.05, 3.63) is 12.2 Å². The van der Waals surface area contributed by atoms with Crippen LogP contribution in [0.5, 0.6) is 0 Å². The molecule has 0 aliphatic carbocycles. The molecule has 6 nitrogen and oxygen atoms in total. The summed E-state index contributed by atoms with van der Waals surface area (Å²) in [6.45, 7) is 6.18. The summed E-state index contributed by atoms with van der Waals surface area (Å²) in [6.07, 6.45) is 0. The van der Waals surface area contributed by atoms with Crippen LogP contribution >= 0.6 is 11.8 Å². The van der Waals surface area contributed by atoms with E-state index in [2.05, 4.69) is 21.9 Å². The molecule has 0 saturated carbocycles. The van der Waals surface area contributed by atoms with Crippen LogP contribution in [0.1, 0.15) is 6.92 Å². The Kier molecular flexibility index (Phi) is 5.73. The molecule has 98 valence electrons. The van der Waals surface area contributed by atoms with Gasteiger partial charge in [-0.2, -0.15) is 4.99 Å². The number of hydrogen-bond donors (Lipinski definition) is 1. The first-order chi connectivity index (χ1) is 8.54. The number of carbonyl (C=O) groups excluding carboxylic acids is 2. The first-order valence-electron chi connectivity index (χ1n) is 5.30. The Morgan fingerprint density at radius 1 is 1.50 bits per heavy atom. The van der Waals surface area contributed by atoms with E-state index in [4.69, 9.17) is 4.74 Å². The molecule has 0 radical (unpaired) electrons. The van der Waals surface area contributed by atoms with Crippen molar-refractivity contribution < 1.29 is 14.3 Å². The number of aliphatic imine (C=N–C) groups is 2. The maximum absolute atomic E-state index is 11.4. The average molecular weight is 269 g/mol. The number of nitrogens with one attached hydrogen (secondary N) is 1. The minimum Gasteiger partial charge on any atom is -0.383 e. The van der Waals surface area contributed by atoms with Crippen LogP contribution in [-0.2, 0) is 14.3 Å². The molecule has 1 rings (SSSR count). The summed E-state index contributed by atoms with van der Waals surface area (Å²) < 4.78 is 4.81. The predicted octanol–water partition coefficient (Wildman–Crippen LogP) is 0.395. The van der Waals surface area contributed by atoms with Gasteiger partial charge < -0.3 is 10.1 Å². The minimum absolute atomic E-state index is 0.149. The zero-order chi connectivity index (χ0) is 13.5. The van der Waals surface area contributed by atoms with Gasteiger partial charge in [0.05, 0.1) is 23.6 Å². The van der Waals surface area contributed by atoms with E-state index in [1.54, 1.807) is 14.0 Å². The summed E-state index contributed by atoms with van der Waals surface area (Å²) in [5.41, 5.74) is 0.834. The number of amidine groups is 1. The Morgan fingerprint density at radius 2 is 2.22 bits per heavy atom. The van der Waals surface area contributed by atoms with Gasteiger partial charge in [0.15, 0.2) is 5.17 Å². The van der Waals surface area contributed by atoms with Crippen LogP contribution in [0.15, 0.2) is 22.1 Å². The second-order valence-electron chi connectivity index (χ2n) is 3.51. The molecule has 0 aromatic heterocycles. The van der Waals surface area contributed by atoms with E-state index in [1.165, 1.54) is 0 Å². The molecular weight excluding hydrogens is 254 g/mol. The molecule has 18 heavy (non-hydrogen) atoms. The van der Waals surface area contributed by atoms with Crippen molar-refractivity contribution in [1.29, 1.82) is 0 Å². The van der Waals surface area contributed by atoms with Crippen LogP contribution in [-0.4, -0.2) is 48.7 Å². The molecule has 1 heterocycles. The molecule has 0 fully saturated rings. The maximum atomic E-state index is 11.4. The molecule has 0 aromatic carbocycles.